The van der Waals surface area contributed by atoms with E-state index in [1.165, 1.54) is 6.07 Å². The van der Waals surface area contributed by atoms with Crippen molar-refractivity contribution < 1.29 is 13.2 Å². The van der Waals surface area contributed by atoms with Gasteiger partial charge in [-0.25, -0.2) is 4.98 Å². The summed E-state index contributed by atoms with van der Waals surface area (Å²) in [5.41, 5.74) is 0.190. The first-order valence-electron chi connectivity index (χ1n) is 5.92. The van der Waals surface area contributed by atoms with Gasteiger partial charge < -0.3 is 4.57 Å². The summed E-state index contributed by atoms with van der Waals surface area (Å²) in [5, 5.41) is 0. The SMILES string of the molecule is Cn1c(-c2ccccn2)nc2c(C(F)(F)F)cccc21. The predicted molar refractivity (Wildman–Crippen MR) is 68.9 cm³/mol. The first kappa shape index (κ1) is 12.7. The van der Waals surface area contributed by atoms with Gasteiger partial charge in [-0.15, -0.1) is 0 Å². The van der Waals surface area contributed by atoms with Gasteiger partial charge in [-0.2, -0.15) is 13.2 Å². The minimum absolute atomic E-state index is 0.0526. The Morgan fingerprint density at radius 2 is 1.85 bits per heavy atom. The van der Waals surface area contributed by atoms with E-state index in [2.05, 4.69) is 9.97 Å². The van der Waals surface area contributed by atoms with Crippen molar-refractivity contribution in [3.63, 3.8) is 0 Å². The molecule has 3 aromatic rings. The lowest BCUT2D eigenvalue weighted by Gasteiger charge is -2.06. The van der Waals surface area contributed by atoms with E-state index < -0.39 is 11.7 Å². The fourth-order valence-electron chi connectivity index (χ4n) is 2.17. The number of imidazole rings is 1. The van der Waals surface area contributed by atoms with Gasteiger partial charge in [-0.3, -0.25) is 4.98 Å². The third-order valence-electron chi connectivity index (χ3n) is 3.11. The number of hydrogen-bond acceptors (Lipinski definition) is 2. The molecular weight excluding hydrogens is 267 g/mol. The molecule has 0 radical (unpaired) electrons. The summed E-state index contributed by atoms with van der Waals surface area (Å²) >= 11 is 0. The van der Waals surface area contributed by atoms with Crippen LogP contribution in [0, 0.1) is 0 Å². The largest absolute Gasteiger partial charge is 0.418 e. The van der Waals surface area contributed by atoms with Crippen molar-refractivity contribution in [3.05, 3.63) is 48.2 Å². The molecule has 0 N–H and O–H groups in total. The molecule has 0 bridgehead atoms. The molecule has 0 aliphatic heterocycles. The van der Waals surface area contributed by atoms with Gasteiger partial charge in [0.05, 0.1) is 11.1 Å². The highest BCUT2D eigenvalue weighted by atomic mass is 19.4. The zero-order chi connectivity index (χ0) is 14.3. The molecular formula is C14H10F3N3. The molecule has 102 valence electrons. The number of halogens is 3. The molecule has 1 aromatic carbocycles. The average Bonchev–Trinajstić information content (AvgIpc) is 2.76. The highest BCUT2D eigenvalue weighted by Crippen LogP contribution is 2.35. The second-order valence-corrected chi connectivity index (χ2v) is 4.38. The van der Waals surface area contributed by atoms with Crippen LogP contribution in [0.2, 0.25) is 0 Å². The van der Waals surface area contributed by atoms with Crippen molar-refractivity contribution in [2.75, 3.05) is 0 Å². The summed E-state index contributed by atoms with van der Waals surface area (Å²) in [5.74, 6) is 0.414. The van der Waals surface area contributed by atoms with E-state index in [9.17, 15) is 13.2 Å². The molecule has 2 heterocycles. The normalized spacial score (nSPS) is 12.0. The van der Waals surface area contributed by atoms with E-state index in [0.29, 0.717) is 17.0 Å². The van der Waals surface area contributed by atoms with Crippen molar-refractivity contribution in [1.29, 1.82) is 0 Å². The number of alkyl halides is 3. The predicted octanol–water partition coefficient (Wildman–Crippen LogP) is 3.65. The number of para-hydroxylation sites is 1. The van der Waals surface area contributed by atoms with Gasteiger partial charge in [0.1, 0.15) is 11.2 Å². The summed E-state index contributed by atoms with van der Waals surface area (Å²) in [4.78, 5) is 8.26. The maximum Gasteiger partial charge on any atom is 0.418 e. The molecule has 0 saturated heterocycles. The number of nitrogens with zero attached hydrogens (tertiary/aromatic N) is 3. The Morgan fingerprint density at radius 1 is 1.05 bits per heavy atom. The highest BCUT2D eigenvalue weighted by molar-refractivity contribution is 5.83. The van der Waals surface area contributed by atoms with E-state index in [0.717, 1.165) is 6.07 Å². The Labute approximate surface area is 112 Å². The zero-order valence-corrected chi connectivity index (χ0v) is 10.5. The van der Waals surface area contributed by atoms with Gasteiger partial charge in [0.2, 0.25) is 0 Å². The van der Waals surface area contributed by atoms with Crippen LogP contribution in [0.4, 0.5) is 13.2 Å². The van der Waals surface area contributed by atoms with Gasteiger partial charge in [0, 0.05) is 13.2 Å². The quantitative estimate of drug-likeness (QED) is 0.679. The van der Waals surface area contributed by atoms with Crippen LogP contribution >= 0.6 is 0 Å². The fraction of sp³-hybridized carbons (Fsp3) is 0.143. The maximum atomic E-state index is 13.0. The highest BCUT2D eigenvalue weighted by Gasteiger charge is 2.34. The Kier molecular flexibility index (Phi) is 2.74. The molecule has 0 atom stereocenters. The molecule has 0 unspecified atom stereocenters. The molecule has 0 fully saturated rings. The van der Waals surface area contributed by atoms with Crippen LogP contribution in [0.3, 0.4) is 0 Å². The van der Waals surface area contributed by atoms with Crippen molar-refractivity contribution in [2.45, 2.75) is 6.18 Å². The number of pyridine rings is 1. The third-order valence-corrected chi connectivity index (χ3v) is 3.11. The number of hydrogen-bond donors (Lipinski definition) is 0. The molecule has 2 aromatic heterocycles. The fourth-order valence-corrected chi connectivity index (χ4v) is 2.17. The molecule has 0 aliphatic carbocycles. The second-order valence-electron chi connectivity index (χ2n) is 4.38. The topological polar surface area (TPSA) is 30.7 Å². The van der Waals surface area contributed by atoms with Gasteiger partial charge in [-0.05, 0) is 24.3 Å². The first-order valence-corrected chi connectivity index (χ1v) is 5.92. The van der Waals surface area contributed by atoms with Crippen LogP contribution in [-0.2, 0) is 13.2 Å². The zero-order valence-electron chi connectivity index (χ0n) is 10.5. The number of aryl methyl sites for hydroxylation is 1. The second kappa shape index (κ2) is 4.33. The van der Waals surface area contributed by atoms with Crippen LogP contribution in [-0.4, -0.2) is 14.5 Å². The maximum absolute atomic E-state index is 13.0. The van der Waals surface area contributed by atoms with Crippen LogP contribution < -0.4 is 0 Å². The number of benzene rings is 1. The Bertz CT molecular complexity index is 760. The minimum atomic E-state index is -4.42. The van der Waals surface area contributed by atoms with Crippen LogP contribution in [0.15, 0.2) is 42.6 Å². The van der Waals surface area contributed by atoms with Gasteiger partial charge in [0.15, 0.2) is 5.82 Å². The molecule has 0 spiro atoms. The summed E-state index contributed by atoms with van der Waals surface area (Å²) in [6.45, 7) is 0. The number of fused-ring (bicyclic) bond motifs is 1. The van der Waals surface area contributed by atoms with Gasteiger partial charge >= 0.3 is 6.18 Å². The van der Waals surface area contributed by atoms with E-state index in [-0.39, 0.29) is 5.52 Å². The standard InChI is InChI=1S/C14H10F3N3/c1-20-11-7-4-5-9(14(15,16)17)12(11)19-13(20)10-6-2-3-8-18-10/h2-8H,1H3. The van der Waals surface area contributed by atoms with Crippen LogP contribution in [0.5, 0.6) is 0 Å². The van der Waals surface area contributed by atoms with Crippen molar-refractivity contribution in [2.24, 2.45) is 7.05 Å². The summed E-state index contributed by atoms with van der Waals surface area (Å²) in [7, 11) is 1.68. The Balaban J connectivity index is 2.31. The van der Waals surface area contributed by atoms with Crippen LogP contribution in [0.1, 0.15) is 5.56 Å². The van der Waals surface area contributed by atoms with E-state index >= 15 is 0 Å². The van der Waals surface area contributed by atoms with Crippen LogP contribution in [0.25, 0.3) is 22.6 Å². The average molecular weight is 277 g/mol. The molecule has 3 nitrogen and oxygen atoms in total. The summed E-state index contributed by atoms with van der Waals surface area (Å²) in [6, 6.07) is 9.27. The van der Waals surface area contributed by atoms with Crippen molar-refractivity contribution in [3.8, 4) is 11.5 Å². The molecule has 3 rings (SSSR count). The van der Waals surface area contributed by atoms with E-state index in [4.69, 9.17) is 0 Å². The van der Waals surface area contributed by atoms with Gasteiger partial charge in [-0.1, -0.05) is 12.1 Å². The first-order chi connectivity index (χ1) is 9.48. The number of aromatic nitrogens is 3. The Morgan fingerprint density at radius 3 is 2.50 bits per heavy atom. The molecule has 0 saturated carbocycles. The Hall–Kier alpha value is -2.37. The van der Waals surface area contributed by atoms with Crippen molar-refractivity contribution in [1.82, 2.24) is 14.5 Å². The molecule has 6 heteroatoms. The lowest BCUT2D eigenvalue weighted by atomic mass is 10.2. The monoisotopic (exact) mass is 277 g/mol. The summed E-state index contributed by atoms with van der Waals surface area (Å²) < 4.78 is 40.6. The lowest BCUT2D eigenvalue weighted by molar-refractivity contribution is -0.136. The minimum Gasteiger partial charge on any atom is -0.326 e. The molecule has 20 heavy (non-hydrogen) atoms. The lowest BCUT2D eigenvalue weighted by Crippen LogP contribution is -2.05. The summed E-state index contributed by atoms with van der Waals surface area (Å²) in [6.07, 6.45) is -2.84. The molecule has 0 amide bonds. The van der Waals surface area contributed by atoms with Crippen molar-refractivity contribution >= 4 is 11.0 Å². The smallest absolute Gasteiger partial charge is 0.326 e. The van der Waals surface area contributed by atoms with E-state index in [1.54, 1.807) is 42.1 Å². The molecule has 0 aliphatic rings. The number of rotatable bonds is 1. The van der Waals surface area contributed by atoms with Gasteiger partial charge in [0.25, 0.3) is 0 Å². The van der Waals surface area contributed by atoms with E-state index in [1.807, 2.05) is 0 Å². The third kappa shape index (κ3) is 1.93.